The number of aryl methyl sites for hydroxylation is 1. The number of amides is 1. The van der Waals surface area contributed by atoms with E-state index in [4.69, 9.17) is 17.3 Å². The third kappa shape index (κ3) is 2.72. The number of nitrogens with one attached hydrogen (secondary N) is 1. The molecular formula is C14H17ClN4O. The van der Waals surface area contributed by atoms with E-state index in [2.05, 4.69) is 10.3 Å². The Balaban J connectivity index is 1.66. The molecule has 0 radical (unpaired) electrons. The number of aromatic nitrogens is 2. The molecule has 3 rings (SSSR count). The second-order valence-corrected chi connectivity index (χ2v) is 5.58. The molecule has 0 saturated heterocycles. The van der Waals surface area contributed by atoms with Crippen molar-refractivity contribution in [2.45, 2.75) is 38.3 Å². The van der Waals surface area contributed by atoms with Crippen LogP contribution in [0.3, 0.4) is 0 Å². The molecule has 0 unspecified atom stereocenters. The Morgan fingerprint density at radius 1 is 1.50 bits per heavy atom. The van der Waals surface area contributed by atoms with Crippen LogP contribution in [0.2, 0.25) is 5.02 Å². The van der Waals surface area contributed by atoms with E-state index in [9.17, 15) is 4.79 Å². The molecule has 5 nitrogen and oxygen atoms in total. The van der Waals surface area contributed by atoms with Crippen molar-refractivity contribution in [3.63, 3.8) is 0 Å². The number of para-hydroxylation sites is 1. The Hall–Kier alpha value is -1.75. The number of rotatable bonds is 5. The van der Waals surface area contributed by atoms with Gasteiger partial charge in [-0.3, -0.25) is 4.79 Å². The monoisotopic (exact) mass is 292 g/mol. The minimum atomic E-state index is 0.119. The molecule has 1 heterocycles. The third-order valence-electron chi connectivity index (χ3n) is 3.49. The van der Waals surface area contributed by atoms with Crippen LogP contribution in [0.5, 0.6) is 0 Å². The zero-order valence-corrected chi connectivity index (χ0v) is 11.9. The maximum Gasteiger partial charge on any atom is 0.220 e. The average molecular weight is 293 g/mol. The van der Waals surface area contributed by atoms with Crippen LogP contribution in [0, 0.1) is 0 Å². The first-order valence-corrected chi connectivity index (χ1v) is 7.22. The highest BCUT2D eigenvalue weighted by molar-refractivity contribution is 6.35. The Labute approximate surface area is 122 Å². The van der Waals surface area contributed by atoms with E-state index in [-0.39, 0.29) is 5.91 Å². The fourth-order valence-electron chi connectivity index (χ4n) is 2.29. The van der Waals surface area contributed by atoms with Gasteiger partial charge in [0.2, 0.25) is 11.9 Å². The minimum absolute atomic E-state index is 0.119. The van der Waals surface area contributed by atoms with Crippen molar-refractivity contribution in [2.75, 3.05) is 5.73 Å². The lowest BCUT2D eigenvalue weighted by atomic mass is 10.2. The summed E-state index contributed by atoms with van der Waals surface area (Å²) in [6.07, 6.45) is 3.48. The van der Waals surface area contributed by atoms with Gasteiger partial charge >= 0.3 is 0 Å². The molecule has 106 valence electrons. The number of fused-ring (bicyclic) bond motifs is 1. The van der Waals surface area contributed by atoms with E-state index in [1.54, 1.807) is 6.07 Å². The number of anilines is 1. The summed E-state index contributed by atoms with van der Waals surface area (Å²) in [5.41, 5.74) is 7.55. The average Bonchev–Trinajstić information content (AvgIpc) is 3.15. The second kappa shape index (κ2) is 5.32. The number of imidazole rings is 1. The van der Waals surface area contributed by atoms with Crippen LogP contribution < -0.4 is 11.1 Å². The molecule has 1 aromatic heterocycles. The van der Waals surface area contributed by atoms with Gasteiger partial charge in [-0.2, -0.15) is 0 Å². The molecule has 1 aliphatic carbocycles. The summed E-state index contributed by atoms with van der Waals surface area (Å²) in [7, 11) is 0. The Morgan fingerprint density at radius 2 is 2.30 bits per heavy atom. The SMILES string of the molecule is Nc1nc2c(Cl)cccc2n1CCCC(=O)NC1CC1. The zero-order chi connectivity index (χ0) is 14.1. The third-order valence-corrected chi connectivity index (χ3v) is 3.79. The van der Waals surface area contributed by atoms with Gasteiger partial charge in [0.1, 0.15) is 5.52 Å². The number of benzene rings is 1. The van der Waals surface area contributed by atoms with Crippen LogP contribution in [0.15, 0.2) is 18.2 Å². The van der Waals surface area contributed by atoms with E-state index >= 15 is 0 Å². The van der Waals surface area contributed by atoms with Gasteiger partial charge in [0.15, 0.2) is 0 Å². The Morgan fingerprint density at radius 3 is 3.05 bits per heavy atom. The molecule has 1 aromatic carbocycles. The molecule has 2 aromatic rings. The number of hydrogen-bond donors (Lipinski definition) is 2. The highest BCUT2D eigenvalue weighted by Crippen LogP contribution is 2.25. The van der Waals surface area contributed by atoms with Crippen molar-refractivity contribution >= 4 is 34.5 Å². The summed E-state index contributed by atoms with van der Waals surface area (Å²) in [4.78, 5) is 15.9. The molecule has 6 heteroatoms. The van der Waals surface area contributed by atoms with Gasteiger partial charge in [0, 0.05) is 19.0 Å². The standard InChI is InChI=1S/C14H17ClN4O/c15-10-3-1-4-11-13(10)18-14(16)19(11)8-2-5-12(20)17-9-6-7-9/h1,3-4,9H,2,5-8H2,(H2,16,18)(H,17,20). The van der Waals surface area contributed by atoms with E-state index in [1.165, 1.54) is 0 Å². The first-order valence-electron chi connectivity index (χ1n) is 6.85. The van der Waals surface area contributed by atoms with Crippen molar-refractivity contribution in [3.8, 4) is 0 Å². The highest BCUT2D eigenvalue weighted by atomic mass is 35.5. The molecule has 0 atom stereocenters. The molecule has 1 aliphatic rings. The van der Waals surface area contributed by atoms with Gasteiger partial charge in [-0.1, -0.05) is 17.7 Å². The van der Waals surface area contributed by atoms with E-state index in [1.807, 2.05) is 16.7 Å². The van der Waals surface area contributed by atoms with Crippen LogP contribution in [-0.4, -0.2) is 21.5 Å². The van der Waals surface area contributed by atoms with Crippen LogP contribution in [-0.2, 0) is 11.3 Å². The topological polar surface area (TPSA) is 72.9 Å². The fourth-order valence-corrected chi connectivity index (χ4v) is 2.50. The first-order chi connectivity index (χ1) is 9.65. The number of nitrogens with zero attached hydrogens (tertiary/aromatic N) is 2. The van der Waals surface area contributed by atoms with Crippen molar-refractivity contribution in [1.29, 1.82) is 0 Å². The van der Waals surface area contributed by atoms with E-state index in [0.29, 0.717) is 35.5 Å². The molecule has 1 fully saturated rings. The Bertz CT molecular complexity index is 648. The smallest absolute Gasteiger partial charge is 0.220 e. The molecule has 1 saturated carbocycles. The van der Waals surface area contributed by atoms with Gasteiger partial charge in [0.05, 0.1) is 10.5 Å². The van der Waals surface area contributed by atoms with Crippen molar-refractivity contribution in [3.05, 3.63) is 23.2 Å². The summed E-state index contributed by atoms with van der Waals surface area (Å²) >= 11 is 6.10. The predicted molar refractivity (Wildman–Crippen MR) is 79.6 cm³/mol. The van der Waals surface area contributed by atoms with E-state index < -0.39 is 0 Å². The van der Waals surface area contributed by atoms with Gasteiger partial charge in [-0.15, -0.1) is 0 Å². The lowest BCUT2D eigenvalue weighted by Gasteiger charge is -2.07. The molecule has 0 spiro atoms. The quantitative estimate of drug-likeness (QED) is 0.888. The molecule has 1 amide bonds. The molecule has 0 aliphatic heterocycles. The minimum Gasteiger partial charge on any atom is -0.369 e. The first kappa shape index (κ1) is 13.2. The molecule has 20 heavy (non-hydrogen) atoms. The lowest BCUT2D eigenvalue weighted by molar-refractivity contribution is -0.121. The van der Waals surface area contributed by atoms with Gasteiger partial charge in [-0.25, -0.2) is 4.98 Å². The molecule has 0 bridgehead atoms. The number of carbonyl (C=O) groups excluding carboxylic acids is 1. The molecular weight excluding hydrogens is 276 g/mol. The fraction of sp³-hybridized carbons (Fsp3) is 0.429. The lowest BCUT2D eigenvalue weighted by Crippen LogP contribution is -2.25. The summed E-state index contributed by atoms with van der Waals surface area (Å²) in [5, 5.41) is 3.58. The van der Waals surface area contributed by atoms with Gasteiger partial charge in [-0.05, 0) is 31.4 Å². The van der Waals surface area contributed by atoms with Crippen LogP contribution >= 0.6 is 11.6 Å². The number of nitrogen functional groups attached to an aromatic ring is 1. The summed E-state index contributed by atoms with van der Waals surface area (Å²) in [6.45, 7) is 0.667. The molecule has 3 N–H and O–H groups in total. The van der Waals surface area contributed by atoms with Gasteiger partial charge < -0.3 is 15.6 Å². The zero-order valence-electron chi connectivity index (χ0n) is 11.1. The number of hydrogen-bond acceptors (Lipinski definition) is 3. The van der Waals surface area contributed by atoms with Gasteiger partial charge in [0.25, 0.3) is 0 Å². The van der Waals surface area contributed by atoms with Crippen molar-refractivity contribution < 1.29 is 4.79 Å². The summed E-state index contributed by atoms with van der Waals surface area (Å²) < 4.78 is 1.91. The number of nitrogens with two attached hydrogens (primary N) is 1. The van der Waals surface area contributed by atoms with E-state index in [0.717, 1.165) is 24.8 Å². The normalized spacial score (nSPS) is 14.7. The van der Waals surface area contributed by atoms with Crippen LogP contribution in [0.1, 0.15) is 25.7 Å². The summed E-state index contributed by atoms with van der Waals surface area (Å²) in [5.74, 6) is 0.559. The largest absolute Gasteiger partial charge is 0.369 e. The predicted octanol–water partition coefficient (Wildman–Crippen LogP) is 2.33. The maximum absolute atomic E-state index is 11.6. The maximum atomic E-state index is 11.6. The number of halogens is 1. The number of carbonyl (C=O) groups is 1. The van der Waals surface area contributed by atoms with Crippen molar-refractivity contribution in [2.24, 2.45) is 0 Å². The Kier molecular flexibility index (Phi) is 3.53. The van der Waals surface area contributed by atoms with Crippen LogP contribution in [0.4, 0.5) is 5.95 Å². The van der Waals surface area contributed by atoms with Crippen molar-refractivity contribution in [1.82, 2.24) is 14.9 Å². The second-order valence-electron chi connectivity index (χ2n) is 5.17. The summed E-state index contributed by atoms with van der Waals surface area (Å²) in [6, 6.07) is 6.03. The highest BCUT2D eigenvalue weighted by Gasteiger charge is 2.22. The van der Waals surface area contributed by atoms with Crippen LogP contribution in [0.25, 0.3) is 11.0 Å².